The largest absolute Gasteiger partial charge is 0.507 e. The smallest absolute Gasteiger partial charge is 0.246 e. The molecule has 1 aliphatic heterocycles. The molecule has 0 spiro atoms. The van der Waals surface area contributed by atoms with Crippen molar-refractivity contribution in [3.63, 3.8) is 0 Å². The summed E-state index contributed by atoms with van der Waals surface area (Å²) in [5, 5.41) is 18.2. The van der Waals surface area contributed by atoms with Crippen LogP contribution in [0.4, 0.5) is 14.5 Å². The predicted molar refractivity (Wildman–Crippen MR) is 111 cm³/mol. The van der Waals surface area contributed by atoms with Gasteiger partial charge in [0.25, 0.3) is 0 Å². The third kappa shape index (κ3) is 3.33. The zero-order valence-corrected chi connectivity index (χ0v) is 16.5. The summed E-state index contributed by atoms with van der Waals surface area (Å²) in [5.74, 6) is -2.24. The fraction of sp³-hybridized carbons (Fsp3) is 0.190. The number of hydrogen-bond donors (Lipinski definition) is 1. The third-order valence-electron chi connectivity index (χ3n) is 5.15. The van der Waals surface area contributed by atoms with E-state index in [0.717, 1.165) is 6.07 Å². The van der Waals surface area contributed by atoms with E-state index in [1.54, 1.807) is 4.90 Å². The number of fused-ring (bicyclic) bond motifs is 1. The molecule has 0 radical (unpaired) electrons. The number of piperazine rings is 1. The molecular weight excluding hydrogens is 414 g/mol. The number of carbonyl (C=O) groups is 1. The van der Waals surface area contributed by atoms with Crippen molar-refractivity contribution in [1.82, 2.24) is 15.1 Å². The summed E-state index contributed by atoms with van der Waals surface area (Å²) < 4.78 is 29.7. The van der Waals surface area contributed by atoms with Crippen molar-refractivity contribution in [2.45, 2.75) is 0 Å². The fourth-order valence-electron chi connectivity index (χ4n) is 3.65. The highest BCUT2D eigenvalue weighted by atomic mass is 35.5. The number of amides is 1. The first-order valence-electron chi connectivity index (χ1n) is 9.20. The maximum Gasteiger partial charge on any atom is 0.246 e. The van der Waals surface area contributed by atoms with Gasteiger partial charge in [-0.1, -0.05) is 24.2 Å². The quantitative estimate of drug-likeness (QED) is 0.640. The Kier molecular flexibility index (Phi) is 5.26. The molecule has 0 aliphatic carbocycles. The Morgan fingerprint density at radius 2 is 1.93 bits per heavy atom. The van der Waals surface area contributed by atoms with E-state index in [9.17, 15) is 14.3 Å². The van der Waals surface area contributed by atoms with Gasteiger partial charge in [-0.2, -0.15) is 5.10 Å². The monoisotopic (exact) mass is 430 g/mol. The van der Waals surface area contributed by atoms with Crippen molar-refractivity contribution in [3.8, 4) is 16.9 Å². The Morgan fingerprint density at radius 3 is 2.60 bits per heavy atom. The zero-order chi connectivity index (χ0) is 21.4. The van der Waals surface area contributed by atoms with E-state index in [1.165, 1.54) is 30.5 Å². The lowest BCUT2D eigenvalue weighted by Crippen LogP contribution is -2.48. The molecule has 154 valence electrons. The number of halogens is 3. The first-order chi connectivity index (χ1) is 14.4. The van der Waals surface area contributed by atoms with Gasteiger partial charge >= 0.3 is 0 Å². The molecule has 2 aromatic carbocycles. The molecule has 1 aliphatic rings. The van der Waals surface area contributed by atoms with Gasteiger partial charge in [0.2, 0.25) is 5.91 Å². The number of hydrogen-bond acceptors (Lipinski definition) is 5. The minimum Gasteiger partial charge on any atom is -0.507 e. The molecule has 1 N–H and O–H groups in total. The number of aromatic hydroxyl groups is 1. The second kappa shape index (κ2) is 7.87. The van der Waals surface area contributed by atoms with E-state index in [2.05, 4.69) is 16.8 Å². The summed E-state index contributed by atoms with van der Waals surface area (Å²) in [6.07, 6.45) is 2.77. The Hall–Kier alpha value is -3.26. The second-order valence-electron chi connectivity index (χ2n) is 6.82. The Labute approximate surface area is 176 Å². The number of carbonyl (C=O) groups excluding carboxylic acids is 1. The lowest BCUT2D eigenvalue weighted by atomic mass is 10.0. The summed E-state index contributed by atoms with van der Waals surface area (Å²) in [5.41, 5.74) is -0.0757. The van der Waals surface area contributed by atoms with Crippen LogP contribution in [0.5, 0.6) is 5.75 Å². The van der Waals surface area contributed by atoms with Crippen molar-refractivity contribution in [3.05, 3.63) is 59.8 Å². The Morgan fingerprint density at radius 1 is 1.20 bits per heavy atom. The van der Waals surface area contributed by atoms with Crippen LogP contribution in [-0.2, 0) is 4.79 Å². The molecule has 0 saturated carbocycles. The molecule has 30 heavy (non-hydrogen) atoms. The normalized spacial score (nSPS) is 14.2. The van der Waals surface area contributed by atoms with Crippen molar-refractivity contribution in [2.75, 3.05) is 31.1 Å². The zero-order valence-electron chi connectivity index (χ0n) is 15.8. The van der Waals surface area contributed by atoms with E-state index in [1.807, 2.05) is 4.90 Å². The van der Waals surface area contributed by atoms with Gasteiger partial charge in [0.05, 0.1) is 22.5 Å². The average molecular weight is 431 g/mol. The van der Waals surface area contributed by atoms with Crippen LogP contribution in [-0.4, -0.2) is 52.3 Å². The maximum absolute atomic E-state index is 15.4. The highest BCUT2D eigenvalue weighted by Gasteiger charge is 2.25. The number of anilines is 1. The van der Waals surface area contributed by atoms with Crippen molar-refractivity contribution in [1.29, 1.82) is 0 Å². The maximum atomic E-state index is 15.4. The van der Waals surface area contributed by atoms with Gasteiger partial charge in [0.15, 0.2) is 5.82 Å². The number of phenols is 1. The molecular formula is C21H17ClF2N4O2. The molecule has 9 heteroatoms. The van der Waals surface area contributed by atoms with Gasteiger partial charge in [-0.05, 0) is 24.3 Å². The number of benzene rings is 2. The van der Waals surface area contributed by atoms with E-state index < -0.39 is 17.4 Å². The van der Waals surface area contributed by atoms with E-state index in [0.29, 0.717) is 37.3 Å². The summed E-state index contributed by atoms with van der Waals surface area (Å²) in [6, 6.07) is 5.17. The molecule has 2 heterocycles. The molecule has 1 amide bonds. The van der Waals surface area contributed by atoms with Crippen LogP contribution in [0.15, 0.2) is 43.1 Å². The number of rotatable bonds is 3. The SMILES string of the molecule is C=CC(=O)N1CCN(c2cnnc3c(F)c(-c4c(O)cccc4F)c(Cl)cc23)CC1. The highest BCUT2D eigenvalue weighted by Crippen LogP contribution is 2.42. The lowest BCUT2D eigenvalue weighted by Gasteiger charge is -2.35. The number of nitrogens with zero attached hydrogens (tertiary/aromatic N) is 4. The van der Waals surface area contributed by atoms with Gasteiger partial charge in [-0.25, -0.2) is 8.78 Å². The summed E-state index contributed by atoms with van der Waals surface area (Å²) >= 11 is 6.33. The van der Waals surface area contributed by atoms with Crippen LogP contribution in [0.1, 0.15) is 0 Å². The number of aromatic nitrogens is 2. The molecule has 3 aromatic rings. The van der Waals surface area contributed by atoms with E-state index >= 15 is 4.39 Å². The van der Waals surface area contributed by atoms with Gasteiger partial charge in [-0.3, -0.25) is 4.79 Å². The molecule has 6 nitrogen and oxygen atoms in total. The minimum absolute atomic E-state index is 0.0601. The van der Waals surface area contributed by atoms with Crippen LogP contribution in [0.2, 0.25) is 5.02 Å². The van der Waals surface area contributed by atoms with Crippen LogP contribution in [0.25, 0.3) is 22.0 Å². The van der Waals surface area contributed by atoms with E-state index in [-0.39, 0.29) is 27.6 Å². The summed E-state index contributed by atoms with van der Waals surface area (Å²) in [7, 11) is 0. The standard InChI is InChI=1S/C21H17ClF2N4O2/c1-2-17(30)28-8-6-27(7-9-28)15-11-25-26-21-12(15)10-13(22)18(20(21)24)19-14(23)4-3-5-16(19)29/h2-5,10-11,29H,1,6-9H2. The Balaban J connectivity index is 1.79. The second-order valence-corrected chi connectivity index (χ2v) is 7.23. The molecule has 0 atom stereocenters. The first-order valence-corrected chi connectivity index (χ1v) is 9.57. The van der Waals surface area contributed by atoms with Gasteiger partial charge in [0, 0.05) is 37.1 Å². The molecule has 1 saturated heterocycles. The molecule has 0 unspecified atom stereocenters. The fourth-order valence-corrected chi connectivity index (χ4v) is 3.94. The van der Waals surface area contributed by atoms with Crippen LogP contribution < -0.4 is 4.90 Å². The third-order valence-corrected chi connectivity index (χ3v) is 5.45. The molecule has 1 aromatic heterocycles. The number of phenolic OH excluding ortho intramolecular Hbond substituents is 1. The van der Waals surface area contributed by atoms with Crippen molar-refractivity contribution < 1.29 is 18.7 Å². The summed E-state index contributed by atoms with van der Waals surface area (Å²) in [6.45, 7) is 5.47. The van der Waals surface area contributed by atoms with Crippen molar-refractivity contribution >= 4 is 34.1 Å². The molecule has 1 fully saturated rings. The van der Waals surface area contributed by atoms with Crippen molar-refractivity contribution in [2.24, 2.45) is 0 Å². The van der Waals surface area contributed by atoms with Gasteiger partial charge in [-0.15, -0.1) is 5.10 Å². The van der Waals surface area contributed by atoms with Gasteiger partial charge in [0.1, 0.15) is 17.1 Å². The first kappa shape index (κ1) is 20.0. The summed E-state index contributed by atoms with van der Waals surface area (Å²) in [4.78, 5) is 15.4. The average Bonchev–Trinajstić information content (AvgIpc) is 2.75. The lowest BCUT2D eigenvalue weighted by molar-refractivity contribution is -0.126. The molecule has 0 bridgehead atoms. The highest BCUT2D eigenvalue weighted by molar-refractivity contribution is 6.34. The van der Waals surface area contributed by atoms with Crippen LogP contribution in [0.3, 0.4) is 0 Å². The topological polar surface area (TPSA) is 69.6 Å². The predicted octanol–water partition coefficient (Wildman–Crippen LogP) is 3.77. The van der Waals surface area contributed by atoms with Crippen LogP contribution >= 0.6 is 11.6 Å². The molecule has 4 rings (SSSR count). The van der Waals surface area contributed by atoms with E-state index in [4.69, 9.17) is 11.6 Å². The minimum atomic E-state index is -0.868. The van der Waals surface area contributed by atoms with Crippen LogP contribution in [0, 0.1) is 11.6 Å². The van der Waals surface area contributed by atoms with Gasteiger partial charge < -0.3 is 14.9 Å². The Bertz CT molecular complexity index is 1140.